The predicted octanol–water partition coefficient (Wildman–Crippen LogP) is 2.70. The molecule has 1 N–H and O–H groups in total. The van der Waals surface area contributed by atoms with E-state index in [9.17, 15) is 0 Å². The second kappa shape index (κ2) is 5.47. The molecule has 1 heterocycles. The van der Waals surface area contributed by atoms with Crippen molar-refractivity contribution in [3.05, 3.63) is 29.6 Å². The molecule has 15 heavy (non-hydrogen) atoms. The first-order valence-electron chi connectivity index (χ1n) is 5.41. The van der Waals surface area contributed by atoms with Gasteiger partial charge in [-0.05, 0) is 44.2 Å². The van der Waals surface area contributed by atoms with Crippen LogP contribution in [0.2, 0.25) is 0 Å². The van der Waals surface area contributed by atoms with Gasteiger partial charge in [0.15, 0.2) is 0 Å². The van der Waals surface area contributed by atoms with E-state index in [0.717, 1.165) is 18.2 Å². The average molecular weight is 227 g/mol. The van der Waals surface area contributed by atoms with Gasteiger partial charge < -0.3 is 5.32 Å². The van der Waals surface area contributed by atoms with Gasteiger partial charge in [0.2, 0.25) is 0 Å². The number of pyridine rings is 1. The molecule has 0 aliphatic heterocycles. The van der Waals surface area contributed by atoms with Crippen LogP contribution in [0.25, 0.3) is 0 Å². The van der Waals surface area contributed by atoms with Gasteiger partial charge in [-0.2, -0.15) is 0 Å². The molecule has 84 valence electrons. The summed E-state index contributed by atoms with van der Waals surface area (Å²) < 4.78 is 0. The van der Waals surface area contributed by atoms with E-state index in [2.05, 4.69) is 30.2 Å². The van der Waals surface area contributed by atoms with E-state index in [4.69, 9.17) is 0 Å². The average Bonchev–Trinajstić information content (AvgIpc) is 2.99. The van der Waals surface area contributed by atoms with Crippen LogP contribution in [0.1, 0.15) is 31.0 Å². The SMILES string of the molecule is Cc1ncccc1CNC(C)C1CC1.Cl. The third-order valence-electron chi connectivity index (χ3n) is 3.06. The van der Waals surface area contributed by atoms with Crippen LogP contribution in [0.3, 0.4) is 0 Å². The third kappa shape index (κ3) is 3.47. The fourth-order valence-electron chi connectivity index (χ4n) is 1.74. The molecule has 0 amide bonds. The van der Waals surface area contributed by atoms with Crippen LogP contribution >= 0.6 is 12.4 Å². The first kappa shape index (κ1) is 12.5. The smallest absolute Gasteiger partial charge is 0.0417 e. The Balaban J connectivity index is 0.00000112. The molecular formula is C12H19ClN2. The second-order valence-electron chi connectivity index (χ2n) is 4.25. The Kier molecular flexibility index (Phi) is 4.55. The van der Waals surface area contributed by atoms with Gasteiger partial charge in [-0.3, -0.25) is 4.98 Å². The molecule has 1 aliphatic rings. The number of aryl methyl sites for hydroxylation is 1. The van der Waals surface area contributed by atoms with Crippen molar-refractivity contribution >= 4 is 12.4 Å². The predicted molar refractivity (Wildman–Crippen MR) is 65.2 cm³/mol. The van der Waals surface area contributed by atoms with Gasteiger partial charge in [-0.15, -0.1) is 12.4 Å². The van der Waals surface area contributed by atoms with E-state index in [-0.39, 0.29) is 12.4 Å². The number of hydrogen-bond donors (Lipinski definition) is 1. The monoisotopic (exact) mass is 226 g/mol. The minimum absolute atomic E-state index is 0. The van der Waals surface area contributed by atoms with Crippen molar-refractivity contribution in [1.82, 2.24) is 10.3 Å². The summed E-state index contributed by atoms with van der Waals surface area (Å²) in [5, 5.41) is 3.56. The minimum atomic E-state index is 0. The van der Waals surface area contributed by atoms with E-state index in [1.165, 1.54) is 18.4 Å². The van der Waals surface area contributed by atoms with Gasteiger partial charge in [0, 0.05) is 24.5 Å². The highest BCUT2D eigenvalue weighted by Gasteiger charge is 2.27. The lowest BCUT2D eigenvalue weighted by molar-refractivity contribution is 0.495. The lowest BCUT2D eigenvalue weighted by Gasteiger charge is -2.13. The highest BCUT2D eigenvalue weighted by molar-refractivity contribution is 5.85. The van der Waals surface area contributed by atoms with E-state index in [1.54, 1.807) is 0 Å². The summed E-state index contributed by atoms with van der Waals surface area (Å²) in [6.07, 6.45) is 4.66. The summed E-state index contributed by atoms with van der Waals surface area (Å²) in [7, 11) is 0. The summed E-state index contributed by atoms with van der Waals surface area (Å²) in [5.74, 6) is 0.923. The molecule has 0 saturated heterocycles. The molecule has 1 fully saturated rings. The number of hydrogen-bond acceptors (Lipinski definition) is 2. The lowest BCUT2D eigenvalue weighted by atomic mass is 10.1. The topological polar surface area (TPSA) is 24.9 Å². The van der Waals surface area contributed by atoms with Crippen molar-refractivity contribution < 1.29 is 0 Å². The van der Waals surface area contributed by atoms with Crippen molar-refractivity contribution in [3.63, 3.8) is 0 Å². The van der Waals surface area contributed by atoms with E-state index in [0.29, 0.717) is 6.04 Å². The van der Waals surface area contributed by atoms with Gasteiger partial charge >= 0.3 is 0 Å². The van der Waals surface area contributed by atoms with Gasteiger partial charge in [-0.1, -0.05) is 6.07 Å². The molecule has 0 radical (unpaired) electrons. The normalized spacial score (nSPS) is 16.9. The Morgan fingerprint density at radius 2 is 2.27 bits per heavy atom. The molecule has 1 saturated carbocycles. The van der Waals surface area contributed by atoms with Gasteiger partial charge in [0.1, 0.15) is 0 Å². The summed E-state index contributed by atoms with van der Waals surface area (Å²) in [6, 6.07) is 4.82. The lowest BCUT2D eigenvalue weighted by Crippen LogP contribution is -2.27. The van der Waals surface area contributed by atoms with Crippen molar-refractivity contribution in [2.75, 3.05) is 0 Å². The zero-order chi connectivity index (χ0) is 9.97. The standard InChI is InChI=1S/C12H18N2.ClH/c1-9(11-5-6-11)14-8-12-4-3-7-13-10(12)2;/h3-4,7,9,11,14H,5-6,8H2,1-2H3;1H. The van der Waals surface area contributed by atoms with Gasteiger partial charge in [0.05, 0.1) is 0 Å². The summed E-state index contributed by atoms with van der Waals surface area (Å²) >= 11 is 0. The van der Waals surface area contributed by atoms with Crippen LogP contribution < -0.4 is 5.32 Å². The molecule has 2 nitrogen and oxygen atoms in total. The molecule has 1 atom stereocenters. The van der Waals surface area contributed by atoms with Crippen molar-refractivity contribution in [1.29, 1.82) is 0 Å². The Hall–Kier alpha value is -0.600. The largest absolute Gasteiger partial charge is 0.310 e. The van der Waals surface area contributed by atoms with Crippen LogP contribution in [0.15, 0.2) is 18.3 Å². The highest BCUT2D eigenvalue weighted by atomic mass is 35.5. The number of nitrogens with zero attached hydrogens (tertiary/aromatic N) is 1. The number of rotatable bonds is 4. The van der Waals surface area contributed by atoms with Crippen LogP contribution in [0.5, 0.6) is 0 Å². The maximum Gasteiger partial charge on any atom is 0.0417 e. The first-order chi connectivity index (χ1) is 6.77. The zero-order valence-corrected chi connectivity index (χ0v) is 10.2. The van der Waals surface area contributed by atoms with E-state index < -0.39 is 0 Å². The van der Waals surface area contributed by atoms with Crippen molar-refractivity contribution in [2.24, 2.45) is 5.92 Å². The fraction of sp³-hybridized carbons (Fsp3) is 0.583. The molecule has 1 aromatic heterocycles. The molecule has 1 unspecified atom stereocenters. The maximum atomic E-state index is 4.28. The Bertz CT molecular complexity index is 310. The molecule has 1 aliphatic carbocycles. The molecule has 0 bridgehead atoms. The third-order valence-corrected chi connectivity index (χ3v) is 3.06. The summed E-state index contributed by atoms with van der Waals surface area (Å²) in [5.41, 5.74) is 2.46. The molecule has 1 aromatic rings. The van der Waals surface area contributed by atoms with Crippen LogP contribution in [-0.2, 0) is 6.54 Å². The summed E-state index contributed by atoms with van der Waals surface area (Å²) in [6.45, 7) is 5.31. The van der Waals surface area contributed by atoms with Crippen molar-refractivity contribution in [2.45, 2.75) is 39.3 Å². The Labute approximate surface area is 97.9 Å². The molecule has 2 rings (SSSR count). The van der Waals surface area contributed by atoms with Gasteiger partial charge in [-0.25, -0.2) is 0 Å². The van der Waals surface area contributed by atoms with E-state index >= 15 is 0 Å². The molecular weight excluding hydrogens is 208 g/mol. The Morgan fingerprint density at radius 1 is 1.53 bits per heavy atom. The van der Waals surface area contributed by atoms with E-state index in [1.807, 2.05) is 12.3 Å². The quantitative estimate of drug-likeness (QED) is 0.854. The van der Waals surface area contributed by atoms with Crippen LogP contribution in [0, 0.1) is 12.8 Å². The van der Waals surface area contributed by atoms with Crippen LogP contribution in [0.4, 0.5) is 0 Å². The molecule has 0 spiro atoms. The molecule has 3 heteroatoms. The van der Waals surface area contributed by atoms with Crippen molar-refractivity contribution in [3.8, 4) is 0 Å². The highest BCUT2D eigenvalue weighted by Crippen LogP contribution is 2.32. The number of halogens is 1. The van der Waals surface area contributed by atoms with Crippen LogP contribution in [-0.4, -0.2) is 11.0 Å². The Morgan fingerprint density at radius 3 is 2.87 bits per heavy atom. The zero-order valence-electron chi connectivity index (χ0n) is 9.36. The first-order valence-corrected chi connectivity index (χ1v) is 5.41. The molecule has 0 aromatic carbocycles. The van der Waals surface area contributed by atoms with Gasteiger partial charge in [0.25, 0.3) is 0 Å². The summed E-state index contributed by atoms with van der Waals surface area (Å²) in [4.78, 5) is 4.28. The second-order valence-corrected chi connectivity index (χ2v) is 4.25. The fourth-order valence-corrected chi connectivity index (χ4v) is 1.74. The maximum absolute atomic E-state index is 4.28. The number of aromatic nitrogens is 1. The number of nitrogens with one attached hydrogen (secondary N) is 1. The minimum Gasteiger partial charge on any atom is -0.310 e.